The van der Waals surface area contributed by atoms with Crippen LogP contribution in [0.3, 0.4) is 0 Å². The first-order chi connectivity index (χ1) is 7.81. The Hall–Kier alpha value is -1.13. The fourth-order valence-electron chi connectivity index (χ4n) is 1.97. The molecule has 2 heterocycles. The molecule has 0 aromatic carbocycles. The highest BCUT2D eigenvalue weighted by Crippen LogP contribution is 2.17. The van der Waals surface area contributed by atoms with Crippen LogP contribution in [0.2, 0.25) is 0 Å². The van der Waals surface area contributed by atoms with Gasteiger partial charge in [-0.1, -0.05) is 6.07 Å². The summed E-state index contributed by atoms with van der Waals surface area (Å²) >= 11 is 0. The van der Waals surface area contributed by atoms with Crippen molar-refractivity contribution in [2.24, 2.45) is 5.73 Å². The molecule has 1 unspecified atom stereocenters. The summed E-state index contributed by atoms with van der Waals surface area (Å²) in [6, 6.07) is 4.59. The number of anilines is 1. The number of morpholine rings is 1. The van der Waals surface area contributed by atoms with Crippen molar-refractivity contribution in [1.82, 2.24) is 4.98 Å². The van der Waals surface area contributed by atoms with Crippen LogP contribution in [0.4, 0.5) is 5.82 Å². The van der Waals surface area contributed by atoms with Gasteiger partial charge in [0.15, 0.2) is 0 Å². The Labute approximate surface area is 96.4 Å². The summed E-state index contributed by atoms with van der Waals surface area (Å²) in [7, 11) is 0. The molecular weight excluding hydrogens is 202 g/mol. The largest absolute Gasteiger partial charge is 0.377 e. The number of rotatable bonds is 3. The minimum Gasteiger partial charge on any atom is -0.377 e. The van der Waals surface area contributed by atoms with Gasteiger partial charge in [0.2, 0.25) is 0 Å². The molecule has 1 fully saturated rings. The molecule has 1 aromatic heterocycles. The molecule has 4 heteroatoms. The number of hydrogen-bond donors (Lipinski definition) is 1. The summed E-state index contributed by atoms with van der Waals surface area (Å²) in [5, 5.41) is 0. The first-order valence-corrected chi connectivity index (χ1v) is 5.80. The summed E-state index contributed by atoms with van der Waals surface area (Å²) in [5.41, 5.74) is 6.71. The van der Waals surface area contributed by atoms with Crippen LogP contribution >= 0.6 is 0 Å². The molecule has 2 rings (SSSR count). The predicted molar refractivity (Wildman–Crippen MR) is 64.6 cm³/mol. The van der Waals surface area contributed by atoms with Crippen LogP contribution in [0.5, 0.6) is 0 Å². The monoisotopic (exact) mass is 221 g/mol. The number of nitrogens with two attached hydrogens (primary N) is 1. The van der Waals surface area contributed by atoms with Crippen LogP contribution in [-0.2, 0) is 11.2 Å². The fourth-order valence-corrected chi connectivity index (χ4v) is 1.97. The van der Waals surface area contributed by atoms with Crippen LogP contribution in [0, 0.1) is 0 Å². The highest BCUT2D eigenvalue weighted by Gasteiger charge is 2.19. The maximum Gasteiger partial charge on any atom is 0.128 e. The molecule has 0 bridgehead atoms. The summed E-state index contributed by atoms with van der Waals surface area (Å²) in [6.45, 7) is 5.33. The second kappa shape index (κ2) is 5.27. The topological polar surface area (TPSA) is 51.4 Å². The fraction of sp³-hybridized carbons (Fsp3) is 0.583. The zero-order valence-corrected chi connectivity index (χ0v) is 9.72. The lowest BCUT2D eigenvalue weighted by molar-refractivity contribution is 0.0985. The minimum atomic E-state index is 0.404. The van der Waals surface area contributed by atoms with E-state index in [1.807, 2.05) is 6.20 Å². The van der Waals surface area contributed by atoms with E-state index in [1.165, 1.54) is 5.56 Å². The normalized spacial score (nSPS) is 21.1. The first kappa shape index (κ1) is 11.4. The Balaban J connectivity index is 2.08. The van der Waals surface area contributed by atoms with E-state index in [-0.39, 0.29) is 0 Å². The van der Waals surface area contributed by atoms with Crippen molar-refractivity contribution in [3.63, 3.8) is 0 Å². The van der Waals surface area contributed by atoms with Gasteiger partial charge in [0.05, 0.1) is 19.3 Å². The molecule has 88 valence electrons. The Bertz CT molecular complexity index is 326. The summed E-state index contributed by atoms with van der Waals surface area (Å²) < 4.78 is 5.41. The molecule has 1 saturated heterocycles. The van der Waals surface area contributed by atoms with E-state index >= 15 is 0 Å². The van der Waals surface area contributed by atoms with E-state index in [1.54, 1.807) is 0 Å². The zero-order chi connectivity index (χ0) is 11.4. The van der Waals surface area contributed by atoms with Crippen molar-refractivity contribution in [3.8, 4) is 0 Å². The maximum absolute atomic E-state index is 5.51. The number of hydrogen-bond acceptors (Lipinski definition) is 4. The lowest BCUT2D eigenvalue weighted by Gasteiger charge is -2.34. The van der Waals surface area contributed by atoms with E-state index in [0.717, 1.165) is 32.0 Å². The summed E-state index contributed by atoms with van der Waals surface area (Å²) in [4.78, 5) is 6.77. The van der Waals surface area contributed by atoms with Gasteiger partial charge >= 0.3 is 0 Å². The van der Waals surface area contributed by atoms with Crippen LogP contribution in [0.1, 0.15) is 12.5 Å². The second-order valence-corrected chi connectivity index (χ2v) is 4.18. The minimum absolute atomic E-state index is 0.404. The van der Waals surface area contributed by atoms with Gasteiger partial charge in [0, 0.05) is 12.7 Å². The van der Waals surface area contributed by atoms with Crippen LogP contribution in [0.25, 0.3) is 0 Å². The third-order valence-electron chi connectivity index (χ3n) is 2.90. The molecule has 1 aliphatic rings. The highest BCUT2D eigenvalue weighted by atomic mass is 16.5. The van der Waals surface area contributed by atoms with E-state index in [0.29, 0.717) is 12.6 Å². The van der Waals surface area contributed by atoms with Gasteiger partial charge in [-0.15, -0.1) is 0 Å². The Morgan fingerprint density at radius 2 is 2.44 bits per heavy atom. The van der Waals surface area contributed by atoms with Gasteiger partial charge < -0.3 is 15.4 Å². The molecule has 1 atom stereocenters. The maximum atomic E-state index is 5.51. The van der Waals surface area contributed by atoms with Gasteiger partial charge in [0.1, 0.15) is 5.82 Å². The third kappa shape index (κ3) is 2.51. The van der Waals surface area contributed by atoms with Gasteiger partial charge in [-0.3, -0.25) is 0 Å². The molecular formula is C12H19N3O. The Kier molecular flexibility index (Phi) is 3.74. The molecule has 1 aliphatic heterocycles. The quantitative estimate of drug-likeness (QED) is 0.820. The van der Waals surface area contributed by atoms with E-state index < -0.39 is 0 Å². The molecule has 1 aromatic rings. The molecule has 0 radical (unpaired) electrons. The molecule has 0 amide bonds. The van der Waals surface area contributed by atoms with E-state index in [2.05, 4.69) is 28.9 Å². The first-order valence-electron chi connectivity index (χ1n) is 5.80. The lowest BCUT2D eigenvalue weighted by atomic mass is 10.2. The second-order valence-electron chi connectivity index (χ2n) is 4.18. The van der Waals surface area contributed by atoms with Crippen molar-refractivity contribution >= 4 is 5.82 Å². The van der Waals surface area contributed by atoms with Crippen molar-refractivity contribution < 1.29 is 4.74 Å². The molecule has 0 saturated carbocycles. The van der Waals surface area contributed by atoms with Gasteiger partial charge in [-0.05, 0) is 31.5 Å². The molecule has 0 spiro atoms. The van der Waals surface area contributed by atoms with E-state index in [4.69, 9.17) is 10.5 Å². The summed E-state index contributed by atoms with van der Waals surface area (Å²) in [6.07, 6.45) is 2.82. The van der Waals surface area contributed by atoms with Crippen molar-refractivity contribution in [2.45, 2.75) is 19.4 Å². The number of ether oxygens (including phenoxy) is 1. The molecule has 0 aliphatic carbocycles. The number of nitrogens with zero attached hydrogens (tertiary/aromatic N) is 2. The van der Waals surface area contributed by atoms with Gasteiger partial charge in [0.25, 0.3) is 0 Å². The average molecular weight is 221 g/mol. The molecule has 2 N–H and O–H groups in total. The average Bonchev–Trinajstić information content (AvgIpc) is 2.31. The predicted octanol–water partition coefficient (Wildman–Crippen LogP) is 0.808. The van der Waals surface area contributed by atoms with Crippen molar-refractivity contribution in [1.29, 1.82) is 0 Å². The van der Waals surface area contributed by atoms with Crippen LogP contribution in [-0.4, -0.2) is 37.3 Å². The lowest BCUT2D eigenvalue weighted by Crippen LogP contribution is -2.44. The number of pyridine rings is 1. The van der Waals surface area contributed by atoms with Crippen LogP contribution < -0.4 is 10.6 Å². The Morgan fingerprint density at radius 1 is 1.56 bits per heavy atom. The van der Waals surface area contributed by atoms with Gasteiger partial charge in [-0.25, -0.2) is 4.98 Å². The SMILES string of the molecule is CC1COCCN1c1ccc(CCN)cn1. The van der Waals surface area contributed by atoms with Crippen molar-refractivity contribution in [3.05, 3.63) is 23.9 Å². The molecule has 16 heavy (non-hydrogen) atoms. The number of aromatic nitrogens is 1. The summed E-state index contributed by atoms with van der Waals surface area (Å²) in [5.74, 6) is 1.04. The van der Waals surface area contributed by atoms with Crippen molar-refractivity contribution in [2.75, 3.05) is 31.2 Å². The smallest absolute Gasteiger partial charge is 0.128 e. The highest BCUT2D eigenvalue weighted by molar-refractivity contribution is 5.41. The van der Waals surface area contributed by atoms with E-state index in [9.17, 15) is 0 Å². The molecule has 4 nitrogen and oxygen atoms in total. The van der Waals surface area contributed by atoms with Gasteiger partial charge in [-0.2, -0.15) is 0 Å². The standard InChI is InChI=1S/C12H19N3O/c1-10-9-16-7-6-15(10)12-3-2-11(4-5-13)8-14-12/h2-3,8,10H,4-7,9,13H2,1H3. The zero-order valence-electron chi connectivity index (χ0n) is 9.72. The Morgan fingerprint density at radius 3 is 3.06 bits per heavy atom. The third-order valence-corrected chi connectivity index (χ3v) is 2.90. The van der Waals surface area contributed by atoms with Crippen LogP contribution in [0.15, 0.2) is 18.3 Å².